The van der Waals surface area contributed by atoms with Gasteiger partial charge in [0.25, 0.3) is 0 Å². The number of nitrogens with one attached hydrogen (secondary N) is 1. The highest BCUT2D eigenvalue weighted by molar-refractivity contribution is 5.79. The van der Waals surface area contributed by atoms with Crippen LogP contribution >= 0.6 is 0 Å². The van der Waals surface area contributed by atoms with Gasteiger partial charge in [-0.2, -0.15) is 0 Å². The molecule has 25 heavy (non-hydrogen) atoms. The van der Waals surface area contributed by atoms with Gasteiger partial charge in [0.2, 0.25) is 5.91 Å². The van der Waals surface area contributed by atoms with Gasteiger partial charge in [-0.3, -0.25) is 9.59 Å². The maximum Gasteiger partial charge on any atom is 0.226 e. The number of nitrogens with zero attached hydrogens (tertiary/aromatic N) is 2. The number of likely N-dealkylation sites (tertiary alicyclic amines) is 1. The first kappa shape index (κ1) is 17.4. The smallest absolute Gasteiger partial charge is 0.226 e. The molecule has 1 aromatic carbocycles. The second kappa shape index (κ2) is 7.64. The molecule has 2 unspecified atom stereocenters. The molecular weight excluding hydrogens is 314 g/mol. The Bertz CT molecular complexity index is 736. The molecule has 0 saturated carbocycles. The lowest BCUT2D eigenvalue weighted by atomic mass is 9.98. The fraction of sp³-hybridized carbons (Fsp3) is 0.450. The predicted octanol–water partition coefficient (Wildman–Crippen LogP) is 3.99. The molecule has 1 fully saturated rings. The van der Waals surface area contributed by atoms with Crippen LogP contribution in [-0.4, -0.2) is 33.6 Å². The van der Waals surface area contributed by atoms with Crippen LogP contribution in [0.3, 0.4) is 0 Å². The van der Waals surface area contributed by atoms with E-state index in [9.17, 15) is 9.59 Å². The van der Waals surface area contributed by atoms with Crippen molar-refractivity contribution in [3.8, 4) is 11.3 Å². The van der Waals surface area contributed by atoms with Crippen molar-refractivity contribution in [2.75, 3.05) is 6.54 Å². The minimum absolute atomic E-state index is 0.0262. The first-order chi connectivity index (χ1) is 12.1. The standard InChI is InChI=1S/C20H25N3O2/c1-3-14(2)20(25)23-11-5-4-6-18(23)19-21-12-17(22-19)16-9-7-15(13-24)8-10-16/h7-10,12-14,18H,3-6,11H2,1-2H3,(H,21,22). The zero-order valence-corrected chi connectivity index (χ0v) is 14.9. The number of hydrogen-bond acceptors (Lipinski definition) is 3. The average molecular weight is 339 g/mol. The number of carbonyl (C=O) groups excluding carboxylic acids is 2. The third-order valence-corrected chi connectivity index (χ3v) is 5.09. The molecule has 1 aliphatic heterocycles. The van der Waals surface area contributed by atoms with Crippen LogP contribution < -0.4 is 0 Å². The number of carbonyl (C=O) groups is 2. The summed E-state index contributed by atoms with van der Waals surface area (Å²) in [5, 5.41) is 0. The highest BCUT2D eigenvalue weighted by atomic mass is 16.2. The van der Waals surface area contributed by atoms with Crippen molar-refractivity contribution in [3.05, 3.63) is 41.9 Å². The van der Waals surface area contributed by atoms with E-state index in [2.05, 4.69) is 16.9 Å². The van der Waals surface area contributed by atoms with Crippen molar-refractivity contribution in [3.63, 3.8) is 0 Å². The Morgan fingerprint density at radius 1 is 1.36 bits per heavy atom. The van der Waals surface area contributed by atoms with Crippen molar-refractivity contribution in [1.29, 1.82) is 0 Å². The third-order valence-electron chi connectivity index (χ3n) is 5.09. The van der Waals surface area contributed by atoms with Gasteiger partial charge >= 0.3 is 0 Å². The number of piperidine rings is 1. The van der Waals surface area contributed by atoms with Gasteiger partial charge in [-0.25, -0.2) is 4.98 Å². The number of imidazole rings is 1. The van der Waals surface area contributed by atoms with E-state index >= 15 is 0 Å². The highest BCUT2D eigenvalue weighted by Gasteiger charge is 2.31. The zero-order valence-electron chi connectivity index (χ0n) is 14.9. The van der Waals surface area contributed by atoms with Gasteiger partial charge < -0.3 is 9.88 Å². The van der Waals surface area contributed by atoms with E-state index < -0.39 is 0 Å². The summed E-state index contributed by atoms with van der Waals surface area (Å²) >= 11 is 0. The molecule has 2 heterocycles. The van der Waals surface area contributed by atoms with E-state index in [-0.39, 0.29) is 17.9 Å². The van der Waals surface area contributed by atoms with Crippen molar-refractivity contribution in [2.24, 2.45) is 5.92 Å². The number of H-pyrrole nitrogens is 1. The number of rotatable bonds is 5. The van der Waals surface area contributed by atoms with Gasteiger partial charge in [-0.15, -0.1) is 0 Å². The van der Waals surface area contributed by atoms with Crippen LogP contribution in [0.2, 0.25) is 0 Å². The Hall–Kier alpha value is -2.43. The molecule has 0 radical (unpaired) electrons. The largest absolute Gasteiger partial charge is 0.340 e. The molecule has 1 amide bonds. The van der Waals surface area contributed by atoms with Crippen LogP contribution in [0, 0.1) is 5.92 Å². The summed E-state index contributed by atoms with van der Waals surface area (Å²) in [6.45, 7) is 4.85. The van der Waals surface area contributed by atoms with E-state index in [0.717, 1.165) is 55.6 Å². The SMILES string of the molecule is CCC(C)C(=O)N1CCCCC1c1ncc(-c2ccc(C=O)cc2)[nH]1. The van der Waals surface area contributed by atoms with Gasteiger partial charge in [0.15, 0.2) is 0 Å². The summed E-state index contributed by atoms with van der Waals surface area (Å²) in [7, 11) is 0. The van der Waals surface area contributed by atoms with Crippen LogP contribution in [0.1, 0.15) is 61.8 Å². The molecule has 3 rings (SSSR count). The summed E-state index contributed by atoms with van der Waals surface area (Å²) < 4.78 is 0. The third kappa shape index (κ3) is 3.65. The lowest BCUT2D eigenvalue weighted by molar-refractivity contribution is -0.139. The van der Waals surface area contributed by atoms with Crippen molar-refractivity contribution < 1.29 is 9.59 Å². The first-order valence-electron chi connectivity index (χ1n) is 9.05. The lowest BCUT2D eigenvalue weighted by Crippen LogP contribution is -2.41. The molecule has 0 aliphatic carbocycles. The van der Waals surface area contributed by atoms with Gasteiger partial charge in [0.05, 0.1) is 17.9 Å². The minimum Gasteiger partial charge on any atom is -0.340 e. The van der Waals surface area contributed by atoms with E-state index in [4.69, 9.17) is 0 Å². The maximum atomic E-state index is 12.7. The quantitative estimate of drug-likeness (QED) is 0.838. The molecule has 0 bridgehead atoms. The summed E-state index contributed by atoms with van der Waals surface area (Å²) in [6, 6.07) is 7.43. The molecule has 2 atom stereocenters. The minimum atomic E-state index is 0.0262. The molecule has 5 nitrogen and oxygen atoms in total. The van der Waals surface area contributed by atoms with Crippen LogP contribution in [0.25, 0.3) is 11.3 Å². The summed E-state index contributed by atoms with van der Waals surface area (Å²) in [6.07, 6.45) is 6.61. The maximum absolute atomic E-state index is 12.7. The summed E-state index contributed by atoms with van der Waals surface area (Å²) in [4.78, 5) is 33.4. The van der Waals surface area contributed by atoms with E-state index in [1.807, 2.05) is 30.2 Å². The lowest BCUT2D eigenvalue weighted by Gasteiger charge is -2.36. The predicted molar refractivity (Wildman–Crippen MR) is 97.2 cm³/mol. The fourth-order valence-corrected chi connectivity index (χ4v) is 3.33. The average Bonchev–Trinajstić information content (AvgIpc) is 3.17. The molecule has 2 aromatic rings. The van der Waals surface area contributed by atoms with Gasteiger partial charge in [0.1, 0.15) is 12.1 Å². The van der Waals surface area contributed by atoms with Crippen molar-refractivity contribution in [1.82, 2.24) is 14.9 Å². The number of aromatic nitrogens is 2. The highest BCUT2D eigenvalue weighted by Crippen LogP contribution is 2.32. The Morgan fingerprint density at radius 3 is 2.80 bits per heavy atom. The molecule has 5 heteroatoms. The monoisotopic (exact) mass is 339 g/mol. The van der Waals surface area contributed by atoms with E-state index in [1.165, 1.54) is 0 Å². The molecule has 0 spiro atoms. The molecule has 1 N–H and O–H groups in total. The second-order valence-corrected chi connectivity index (χ2v) is 6.77. The number of amides is 1. The topological polar surface area (TPSA) is 66.1 Å². The van der Waals surface area contributed by atoms with Crippen molar-refractivity contribution in [2.45, 2.75) is 45.6 Å². The first-order valence-corrected chi connectivity index (χ1v) is 9.05. The van der Waals surface area contributed by atoms with Gasteiger partial charge in [-0.1, -0.05) is 38.1 Å². The van der Waals surface area contributed by atoms with E-state index in [1.54, 1.807) is 12.1 Å². The van der Waals surface area contributed by atoms with E-state index in [0.29, 0.717) is 5.56 Å². The molecule has 1 aliphatic rings. The van der Waals surface area contributed by atoms with Crippen LogP contribution in [0.15, 0.2) is 30.5 Å². The molecular formula is C20H25N3O2. The Balaban J connectivity index is 1.83. The van der Waals surface area contributed by atoms with Crippen molar-refractivity contribution >= 4 is 12.2 Å². The molecule has 132 valence electrons. The number of hydrogen-bond donors (Lipinski definition) is 1. The van der Waals surface area contributed by atoms with Crippen LogP contribution in [-0.2, 0) is 4.79 Å². The second-order valence-electron chi connectivity index (χ2n) is 6.77. The van der Waals surface area contributed by atoms with Gasteiger partial charge in [-0.05, 0) is 31.2 Å². The number of benzene rings is 1. The fourth-order valence-electron chi connectivity index (χ4n) is 3.33. The van der Waals surface area contributed by atoms with Crippen LogP contribution in [0.5, 0.6) is 0 Å². The Kier molecular flexibility index (Phi) is 5.31. The van der Waals surface area contributed by atoms with Crippen LogP contribution in [0.4, 0.5) is 0 Å². The number of aromatic amines is 1. The summed E-state index contributed by atoms with van der Waals surface area (Å²) in [5.74, 6) is 1.12. The molecule has 1 aromatic heterocycles. The Labute approximate surface area is 148 Å². The van der Waals surface area contributed by atoms with Gasteiger partial charge in [0, 0.05) is 18.0 Å². The zero-order chi connectivity index (χ0) is 17.8. The normalized spacial score (nSPS) is 18.8. The molecule has 1 saturated heterocycles. The Morgan fingerprint density at radius 2 is 2.12 bits per heavy atom. The summed E-state index contributed by atoms with van der Waals surface area (Å²) in [5.41, 5.74) is 2.55. The number of aldehydes is 1.